The Morgan fingerprint density at radius 3 is 2.85 bits per heavy atom. The summed E-state index contributed by atoms with van der Waals surface area (Å²) in [4.78, 5) is 26.6. The van der Waals surface area contributed by atoms with Gasteiger partial charge in [0.05, 0.1) is 19.1 Å². The van der Waals surface area contributed by atoms with Crippen molar-refractivity contribution in [3.63, 3.8) is 0 Å². The number of ether oxygens (including phenoxy) is 2. The number of carbonyl (C=O) groups excluding carboxylic acids is 1. The van der Waals surface area contributed by atoms with Crippen molar-refractivity contribution < 1.29 is 14.3 Å². The number of aromatic nitrogens is 2. The van der Waals surface area contributed by atoms with Gasteiger partial charge in [-0.05, 0) is 31.5 Å². The summed E-state index contributed by atoms with van der Waals surface area (Å²) in [5.74, 6) is 0.591. The Bertz CT molecular complexity index is 778. The van der Waals surface area contributed by atoms with Crippen LogP contribution in [0, 0.1) is 0 Å². The van der Waals surface area contributed by atoms with Gasteiger partial charge in [-0.1, -0.05) is 0 Å². The van der Waals surface area contributed by atoms with Crippen molar-refractivity contribution in [2.24, 2.45) is 0 Å². The number of thiophene rings is 1. The number of nitrogens with zero attached hydrogens (tertiary/aromatic N) is 4. The molecule has 1 saturated heterocycles. The fraction of sp³-hybridized carbons (Fsp3) is 0.500. The summed E-state index contributed by atoms with van der Waals surface area (Å²) in [7, 11) is 6.69. The summed E-state index contributed by atoms with van der Waals surface area (Å²) in [5, 5.41) is 0. The van der Waals surface area contributed by atoms with E-state index < -0.39 is 0 Å². The van der Waals surface area contributed by atoms with Crippen LogP contribution < -0.4 is 9.47 Å². The quantitative estimate of drug-likeness (QED) is 0.772. The van der Waals surface area contributed by atoms with Crippen molar-refractivity contribution in [2.45, 2.75) is 25.4 Å². The number of carbonyl (C=O) groups is 1. The molecule has 140 valence electrons. The summed E-state index contributed by atoms with van der Waals surface area (Å²) >= 11 is 1.58. The molecule has 1 aliphatic rings. The minimum Gasteiger partial charge on any atom is -0.481 e. The minimum atomic E-state index is 0.0519. The molecule has 0 aliphatic carbocycles. The van der Waals surface area contributed by atoms with Crippen molar-refractivity contribution >= 4 is 17.2 Å². The molecule has 3 heterocycles. The van der Waals surface area contributed by atoms with Gasteiger partial charge in [0.15, 0.2) is 0 Å². The van der Waals surface area contributed by atoms with Crippen molar-refractivity contribution in [2.75, 3.05) is 34.9 Å². The average Bonchev–Trinajstić information content (AvgIpc) is 3.30. The molecule has 26 heavy (non-hydrogen) atoms. The van der Waals surface area contributed by atoms with Crippen LogP contribution in [0.3, 0.4) is 0 Å². The Balaban J connectivity index is 1.78. The molecule has 1 atom stereocenters. The molecule has 2 aromatic heterocycles. The van der Waals surface area contributed by atoms with Gasteiger partial charge in [0, 0.05) is 43.3 Å². The molecule has 3 rings (SSSR count). The lowest BCUT2D eigenvalue weighted by atomic mass is 10.1. The van der Waals surface area contributed by atoms with Gasteiger partial charge < -0.3 is 14.4 Å². The zero-order chi connectivity index (χ0) is 18.7. The molecular formula is C18H24N4O3S. The molecule has 0 bridgehead atoms. The fourth-order valence-electron chi connectivity index (χ4n) is 3.18. The summed E-state index contributed by atoms with van der Waals surface area (Å²) in [6.45, 7) is 1.70. The van der Waals surface area contributed by atoms with Crippen LogP contribution in [0.4, 0.5) is 0 Å². The lowest BCUT2D eigenvalue weighted by Gasteiger charge is -2.24. The first kappa shape index (κ1) is 18.6. The topological polar surface area (TPSA) is 67.8 Å². The predicted octanol–water partition coefficient (Wildman–Crippen LogP) is 2.59. The molecule has 1 aliphatic heterocycles. The number of amides is 1. The van der Waals surface area contributed by atoms with Crippen LogP contribution >= 0.6 is 11.3 Å². The normalized spacial score (nSPS) is 17.3. The smallest absolute Gasteiger partial charge is 0.319 e. The first-order valence-corrected chi connectivity index (χ1v) is 9.34. The van der Waals surface area contributed by atoms with Crippen molar-refractivity contribution in [3.05, 3.63) is 33.6 Å². The van der Waals surface area contributed by atoms with E-state index in [1.54, 1.807) is 43.6 Å². The van der Waals surface area contributed by atoms with E-state index in [2.05, 4.69) is 20.9 Å². The maximum Gasteiger partial charge on any atom is 0.319 e. The third-order valence-electron chi connectivity index (χ3n) is 4.49. The third kappa shape index (κ3) is 3.81. The van der Waals surface area contributed by atoms with Crippen LogP contribution in [0.5, 0.6) is 11.9 Å². The van der Waals surface area contributed by atoms with Gasteiger partial charge in [0.2, 0.25) is 5.88 Å². The van der Waals surface area contributed by atoms with Crippen LogP contribution in [0.2, 0.25) is 0 Å². The predicted molar refractivity (Wildman–Crippen MR) is 99.9 cm³/mol. The Labute approximate surface area is 157 Å². The van der Waals surface area contributed by atoms with Gasteiger partial charge >= 0.3 is 6.01 Å². The maximum atomic E-state index is 12.2. The SMILES string of the molecule is COc1ncc(CN2CCCC2c2ccc(C(=O)N(C)C)s2)c(OC)n1. The van der Waals surface area contributed by atoms with E-state index in [1.807, 2.05) is 6.07 Å². The van der Waals surface area contributed by atoms with Gasteiger partial charge in [-0.25, -0.2) is 4.98 Å². The number of rotatable bonds is 6. The van der Waals surface area contributed by atoms with Crippen LogP contribution in [-0.2, 0) is 6.54 Å². The zero-order valence-corrected chi connectivity index (χ0v) is 16.4. The second-order valence-corrected chi connectivity index (χ2v) is 7.54. The van der Waals surface area contributed by atoms with E-state index in [1.165, 1.54) is 12.0 Å². The number of likely N-dealkylation sites (tertiary alicyclic amines) is 1. The van der Waals surface area contributed by atoms with E-state index >= 15 is 0 Å². The van der Waals surface area contributed by atoms with Gasteiger partial charge in [-0.2, -0.15) is 4.98 Å². The Kier molecular flexibility index (Phi) is 5.73. The van der Waals surface area contributed by atoms with E-state index in [9.17, 15) is 4.79 Å². The highest BCUT2D eigenvalue weighted by atomic mass is 32.1. The Morgan fingerprint density at radius 1 is 1.35 bits per heavy atom. The number of hydrogen-bond acceptors (Lipinski definition) is 7. The first-order chi connectivity index (χ1) is 12.5. The Hall–Kier alpha value is -2.19. The molecule has 1 unspecified atom stereocenters. The zero-order valence-electron chi connectivity index (χ0n) is 15.6. The van der Waals surface area contributed by atoms with E-state index in [0.29, 0.717) is 24.5 Å². The highest BCUT2D eigenvalue weighted by molar-refractivity contribution is 7.14. The summed E-state index contributed by atoms with van der Waals surface area (Å²) in [5.41, 5.74) is 0.932. The van der Waals surface area contributed by atoms with Gasteiger partial charge in [0.25, 0.3) is 5.91 Å². The van der Waals surface area contributed by atoms with E-state index in [-0.39, 0.29) is 5.91 Å². The molecule has 8 heteroatoms. The average molecular weight is 376 g/mol. The summed E-state index contributed by atoms with van der Waals surface area (Å²) in [6, 6.07) is 4.60. The molecule has 2 aromatic rings. The fourth-order valence-corrected chi connectivity index (χ4v) is 4.38. The molecular weight excluding hydrogens is 352 g/mol. The number of methoxy groups -OCH3 is 2. The largest absolute Gasteiger partial charge is 0.481 e. The van der Waals surface area contributed by atoms with Crippen LogP contribution in [-0.4, -0.2) is 60.5 Å². The molecule has 7 nitrogen and oxygen atoms in total. The van der Waals surface area contributed by atoms with Gasteiger partial charge in [0.1, 0.15) is 0 Å². The van der Waals surface area contributed by atoms with Crippen molar-refractivity contribution in [1.82, 2.24) is 19.8 Å². The van der Waals surface area contributed by atoms with E-state index in [4.69, 9.17) is 9.47 Å². The van der Waals surface area contributed by atoms with Crippen LogP contribution in [0.1, 0.15) is 39.0 Å². The standard InChI is InChI=1S/C18H24N4O3S/c1-21(2)17(23)15-8-7-14(26-15)13-6-5-9-22(13)11-12-10-19-18(25-4)20-16(12)24-3/h7-8,10,13H,5-6,9,11H2,1-4H3. The first-order valence-electron chi connectivity index (χ1n) is 8.52. The maximum absolute atomic E-state index is 12.2. The summed E-state index contributed by atoms with van der Waals surface area (Å²) in [6.07, 6.45) is 3.96. The molecule has 0 radical (unpaired) electrons. The van der Waals surface area contributed by atoms with Gasteiger partial charge in [-0.3, -0.25) is 9.69 Å². The highest BCUT2D eigenvalue weighted by Gasteiger charge is 2.29. The van der Waals surface area contributed by atoms with E-state index in [0.717, 1.165) is 29.8 Å². The van der Waals surface area contributed by atoms with Crippen molar-refractivity contribution in [3.8, 4) is 11.9 Å². The third-order valence-corrected chi connectivity index (χ3v) is 5.66. The van der Waals surface area contributed by atoms with Crippen LogP contribution in [0.15, 0.2) is 18.3 Å². The van der Waals surface area contributed by atoms with Crippen molar-refractivity contribution in [1.29, 1.82) is 0 Å². The lowest BCUT2D eigenvalue weighted by Crippen LogP contribution is -2.23. The molecule has 0 spiro atoms. The lowest BCUT2D eigenvalue weighted by molar-refractivity contribution is 0.0832. The molecule has 0 saturated carbocycles. The second kappa shape index (κ2) is 8.01. The molecule has 0 N–H and O–H groups in total. The second-order valence-electron chi connectivity index (χ2n) is 6.42. The summed E-state index contributed by atoms with van der Waals surface area (Å²) < 4.78 is 10.5. The van der Waals surface area contributed by atoms with Crippen LogP contribution in [0.25, 0.3) is 0 Å². The Morgan fingerprint density at radius 2 is 2.15 bits per heavy atom. The molecule has 1 amide bonds. The van der Waals surface area contributed by atoms with Gasteiger partial charge in [-0.15, -0.1) is 11.3 Å². The number of hydrogen-bond donors (Lipinski definition) is 0. The molecule has 0 aromatic carbocycles. The minimum absolute atomic E-state index is 0.0519. The highest BCUT2D eigenvalue weighted by Crippen LogP contribution is 2.37. The molecule has 1 fully saturated rings. The monoisotopic (exact) mass is 376 g/mol.